The van der Waals surface area contributed by atoms with Gasteiger partial charge < -0.3 is 10.6 Å². The fourth-order valence-electron chi connectivity index (χ4n) is 2.54. The van der Waals surface area contributed by atoms with Crippen molar-refractivity contribution in [3.8, 4) is 0 Å². The van der Waals surface area contributed by atoms with Crippen molar-refractivity contribution in [3.63, 3.8) is 0 Å². The number of hydrogen-bond acceptors (Lipinski definition) is 3. The van der Waals surface area contributed by atoms with E-state index in [0.29, 0.717) is 6.04 Å². The summed E-state index contributed by atoms with van der Waals surface area (Å²) < 4.78 is 0. The van der Waals surface area contributed by atoms with Gasteiger partial charge in [0.2, 0.25) is 0 Å². The minimum absolute atomic E-state index is 0.667. The van der Waals surface area contributed by atoms with E-state index in [1.807, 2.05) is 0 Å². The van der Waals surface area contributed by atoms with Crippen molar-refractivity contribution in [1.82, 2.24) is 9.80 Å². The second-order valence-electron chi connectivity index (χ2n) is 4.65. The number of likely N-dealkylation sites (N-methyl/N-ethyl adjacent to an activating group) is 2. The van der Waals surface area contributed by atoms with Gasteiger partial charge in [-0.25, -0.2) is 0 Å². The molecule has 0 saturated carbocycles. The highest BCUT2D eigenvalue weighted by Crippen LogP contribution is 2.14. The zero-order chi connectivity index (χ0) is 10.6. The molecule has 2 unspecified atom stereocenters. The summed E-state index contributed by atoms with van der Waals surface area (Å²) >= 11 is 0. The van der Waals surface area contributed by atoms with Crippen molar-refractivity contribution in [3.05, 3.63) is 0 Å². The van der Waals surface area contributed by atoms with Gasteiger partial charge in [-0.15, -0.1) is 0 Å². The predicted molar refractivity (Wildman–Crippen MR) is 61.4 cm³/mol. The summed E-state index contributed by atoms with van der Waals surface area (Å²) in [6.45, 7) is 10.2. The smallest absolute Gasteiger partial charge is 0.0235 e. The predicted octanol–water partition coefficient (Wildman–Crippen LogP) is 0.607. The number of nitrogens with zero attached hydrogens (tertiary/aromatic N) is 2. The fraction of sp³-hybridized carbons (Fsp3) is 1.00. The van der Waals surface area contributed by atoms with Gasteiger partial charge >= 0.3 is 0 Å². The molecule has 0 amide bonds. The summed E-state index contributed by atoms with van der Waals surface area (Å²) in [7, 11) is 2.22. The topological polar surface area (TPSA) is 32.5 Å². The molecule has 14 heavy (non-hydrogen) atoms. The van der Waals surface area contributed by atoms with E-state index >= 15 is 0 Å². The van der Waals surface area contributed by atoms with Crippen LogP contribution in [0.4, 0.5) is 0 Å². The van der Waals surface area contributed by atoms with Gasteiger partial charge in [0.1, 0.15) is 0 Å². The highest BCUT2D eigenvalue weighted by Gasteiger charge is 2.24. The molecular formula is C11H25N3. The van der Waals surface area contributed by atoms with Crippen LogP contribution in [0.3, 0.4) is 0 Å². The van der Waals surface area contributed by atoms with Crippen molar-refractivity contribution >= 4 is 0 Å². The molecule has 2 atom stereocenters. The molecule has 0 aromatic rings. The van der Waals surface area contributed by atoms with Crippen molar-refractivity contribution in [2.75, 3.05) is 39.8 Å². The van der Waals surface area contributed by atoms with Gasteiger partial charge in [-0.3, -0.25) is 4.90 Å². The molecule has 0 radical (unpaired) electrons. The van der Waals surface area contributed by atoms with Crippen LogP contribution in [-0.2, 0) is 0 Å². The van der Waals surface area contributed by atoms with Crippen LogP contribution in [0.2, 0.25) is 0 Å². The lowest BCUT2D eigenvalue weighted by molar-refractivity contribution is 0.184. The van der Waals surface area contributed by atoms with Gasteiger partial charge in [0.15, 0.2) is 0 Å². The van der Waals surface area contributed by atoms with Gasteiger partial charge in [0.25, 0.3) is 0 Å². The summed E-state index contributed by atoms with van der Waals surface area (Å²) in [5, 5.41) is 0. The highest BCUT2D eigenvalue weighted by molar-refractivity contribution is 4.80. The Hall–Kier alpha value is -0.120. The minimum atomic E-state index is 0.667. The maximum atomic E-state index is 5.66. The molecule has 0 bridgehead atoms. The third kappa shape index (κ3) is 3.23. The maximum absolute atomic E-state index is 5.66. The Bertz CT molecular complexity index is 161. The van der Waals surface area contributed by atoms with Crippen LogP contribution in [-0.4, -0.2) is 55.6 Å². The van der Waals surface area contributed by atoms with E-state index in [1.165, 1.54) is 19.6 Å². The summed E-state index contributed by atoms with van der Waals surface area (Å²) in [5.74, 6) is 0.780. The van der Waals surface area contributed by atoms with Gasteiger partial charge in [-0.05, 0) is 32.5 Å². The summed E-state index contributed by atoms with van der Waals surface area (Å²) in [4.78, 5) is 5.03. The van der Waals surface area contributed by atoms with Crippen LogP contribution in [0, 0.1) is 5.92 Å². The molecule has 3 nitrogen and oxygen atoms in total. The van der Waals surface area contributed by atoms with Crippen LogP contribution >= 0.6 is 0 Å². The minimum Gasteiger partial charge on any atom is -0.330 e. The number of nitrogens with two attached hydrogens (primary N) is 1. The van der Waals surface area contributed by atoms with Gasteiger partial charge in [0, 0.05) is 25.7 Å². The van der Waals surface area contributed by atoms with Crippen molar-refractivity contribution < 1.29 is 0 Å². The van der Waals surface area contributed by atoms with Crippen molar-refractivity contribution in [2.24, 2.45) is 11.7 Å². The Labute approximate surface area is 88.2 Å². The zero-order valence-corrected chi connectivity index (χ0v) is 9.87. The lowest BCUT2D eigenvalue weighted by Crippen LogP contribution is -2.41. The normalized spacial score (nSPS) is 31.7. The second-order valence-corrected chi connectivity index (χ2v) is 4.65. The van der Waals surface area contributed by atoms with E-state index in [2.05, 4.69) is 30.7 Å². The van der Waals surface area contributed by atoms with Gasteiger partial charge in [-0.2, -0.15) is 0 Å². The molecule has 1 aliphatic rings. The number of hydrogen-bond donors (Lipinski definition) is 1. The highest BCUT2D eigenvalue weighted by atomic mass is 15.2. The molecule has 0 aliphatic carbocycles. The molecule has 1 aliphatic heterocycles. The van der Waals surface area contributed by atoms with E-state index in [0.717, 1.165) is 25.4 Å². The Balaban J connectivity index is 2.59. The van der Waals surface area contributed by atoms with E-state index in [4.69, 9.17) is 5.73 Å². The monoisotopic (exact) mass is 199 g/mol. The second kappa shape index (κ2) is 5.69. The van der Waals surface area contributed by atoms with Crippen LogP contribution in [0.5, 0.6) is 0 Å². The average molecular weight is 199 g/mol. The molecule has 0 aromatic carbocycles. The standard InChI is InChI=1S/C11H25N3/c1-4-14-8-10(2)7-13(3)9-11(14)5-6-12/h10-11H,4-9,12H2,1-3H3. The molecular weight excluding hydrogens is 174 g/mol. The summed E-state index contributed by atoms with van der Waals surface area (Å²) in [5.41, 5.74) is 5.66. The van der Waals surface area contributed by atoms with Crippen molar-refractivity contribution in [2.45, 2.75) is 26.3 Å². The van der Waals surface area contributed by atoms with E-state index in [1.54, 1.807) is 0 Å². The first-order valence-electron chi connectivity index (χ1n) is 5.80. The molecule has 3 heteroatoms. The van der Waals surface area contributed by atoms with Crippen LogP contribution in [0.15, 0.2) is 0 Å². The Morgan fingerprint density at radius 1 is 1.29 bits per heavy atom. The first kappa shape index (κ1) is 12.0. The molecule has 1 heterocycles. The molecule has 1 saturated heterocycles. The zero-order valence-electron chi connectivity index (χ0n) is 9.87. The Morgan fingerprint density at radius 2 is 2.00 bits per heavy atom. The van der Waals surface area contributed by atoms with Crippen LogP contribution in [0.25, 0.3) is 0 Å². The maximum Gasteiger partial charge on any atom is 0.0235 e. The average Bonchev–Trinajstić information content (AvgIpc) is 2.25. The van der Waals surface area contributed by atoms with E-state index < -0.39 is 0 Å². The molecule has 2 N–H and O–H groups in total. The van der Waals surface area contributed by atoms with Gasteiger partial charge in [0.05, 0.1) is 0 Å². The molecule has 1 fully saturated rings. The first-order chi connectivity index (χ1) is 6.67. The molecule has 1 rings (SSSR count). The first-order valence-corrected chi connectivity index (χ1v) is 5.80. The Morgan fingerprint density at radius 3 is 2.57 bits per heavy atom. The summed E-state index contributed by atoms with van der Waals surface area (Å²) in [6.07, 6.45) is 1.13. The van der Waals surface area contributed by atoms with E-state index in [-0.39, 0.29) is 0 Å². The lowest BCUT2D eigenvalue weighted by Gasteiger charge is -2.29. The van der Waals surface area contributed by atoms with Crippen molar-refractivity contribution in [1.29, 1.82) is 0 Å². The molecule has 0 aromatic heterocycles. The fourth-order valence-corrected chi connectivity index (χ4v) is 2.54. The third-order valence-electron chi connectivity index (χ3n) is 3.11. The lowest BCUT2D eigenvalue weighted by atomic mass is 10.1. The van der Waals surface area contributed by atoms with E-state index in [9.17, 15) is 0 Å². The Kier molecular flexibility index (Phi) is 4.85. The SMILES string of the molecule is CCN1CC(C)CN(C)CC1CCN. The van der Waals surface area contributed by atoms with Crippen LogP contribution < -0.4 is 5.73 Å². The quantitative estimate of drug-likeness (QED) is 0.723. The largest absolute Gasteiger partial charge is 0.330 e. The third-order valence-corrected chi connectivity index (χ3v) is 3.11. The molecule has 84 valence electrons. The van der Waals surface area contributed by atoms with Crippen LogP contribution in [0.1, 0.15) is 20.3 Å². The molecule has 0 spiro atoms. The summed E-state index contributed by atoms with van der Waals surface area (Å²) in [6, 6.07) is 0.667. The van der Waals surface area contributed by atoms with Gasteiger partial charge in [-0.1, -0.05) is 13.8 Å². The number of rotatable bonds is 3.